The molecule has 3 aliphatic carbocycles. The molecule has 3 heteroatoms. The molecule has 17 heavy (non-hydrogen) atoms. The van der Waals surface area contributed by atoms with Gasteiger partial charge in [0.1, 0.15) is 0 Å². The molecule has 0 heterocycles. The van der Waals surface area contributed by atoms with E-state index >= 15 is 0 Å². The molecular formula is C14H22ClNO. The van der Waals surface area contributed by atoms with Gasteiger partial charge in [0.25, 0.3) is 0 Å². The Morgan fingerprint density at radius 3 is 2.59 bits per heavy atom. The van der Waals surface area contributed by atoms with E-state index in [9.17, 15) is 4.79 Å². The summed E-state index contributed by atoms with van der Waals surface area (Å²) in [5.41, 5.74) is 0. The van der Waals surface area contributed by atoms with E-state index in [1.807, 2.05) is 0 Å². The van der Waals surface area contributed by atoms with Crippen LogP contribution >= 0.6 is 11.6 Å². The summed E-state index contributed by atoms with van der Waals surface area (Å²) < 4.78 is 0. The first-order valence-corrected chi connectivity index (χ1v) is 7.58. The molecule has 0 aromatic rings. The molecule has 3 saturated carbocycles. The van der Waals surface area contributed by atoms with E-state index in [-0.39, 0.29) is 0 Å². The largest absolute Gasteiger partial charge is 0.356 e. The fraction of sp³-hybridized carbons (Fsp3) is 0.929. The Morgan fingerprint density at radius 2 is 2.00 bits per heavy atom. The van der Waals surface area contributed by atoms with E-state index in [0.717, 1.165) is 31.7 Å². The molecule has 5 unspecified atom stereocenters. The maximum atomic E-state index is 12.1. The highest BCUT2D eigenvalue weighted by atomic mass is 35.5. The highest BCUT2D eigenvalue weighted by Gasteiger charge is 2.43. The number of alkyl halides is 1. The molecule has 0 aromatic carbocycles. The zero-order chi connectivity index (χ0) is 11.8. The summed E-state index contributed by atoms with van der Waals surface area (Å²) in [7, 11) is 0. The van der Waals surface area contributed by atoms with Gasteiger partial charge in [-0.1, -0.05) is 6.42 Å². The first-order chi connectivity index (χ1) is 8.22. The Bertz CT molecular complexity index is 307. The van der Waals surface area contributed by atoms with E-state index in [0.29, 0.717) is 29.0 Å². The highest BCUT2D eigenvalue weighted by molar-refractivity contribution is 6.20. The van der Waals surface area contributed by atoms with Crippen molar-refractivity contribution < 1.29 is 4.79 Å². The predicted octanol–water partition coefficient (Wildman–Crippen LogP) is 2.95. The number of nitrogens with one attached hydrogen (secondary N) is 1. The quantitative estimate of drug-likeness (QED) is 0.772. The molecule has 3 rings (SSSR count). The van der Waals surface area contributed by atoms with Gasteiger partial charge in [0.15, 0.2) is 0 Å². The smallest absolute Gasteiger partial charge is 0.223 e. The molecule has 0 aliphatic heterocycles. The van der Waals surface area contributed by atoms with Gasteiger partial charge in [0, 0.05) is 17.8 Å². The minimum atomic E-state index is 0.329. The van der Waals surface area contributed by atoms with Gasteiger partial charge in [0.05, 0.1) is 0 Å². The van der Waals surface area contributed by atoms with Crippen LogP contribution in [0.5, 0.6) is 0 Å². The number of amides is 1. The molecule has 1 N–H and O–H groups in total. The molecule has 3 aliphatic rings. The Morgan fingerprint density at radius 1 is 1.12 bits per heavy atom. The topological polar surface area (TPSA) is 29.1 Å². The molecule has 0 saturated heterocycles. The van der Waals surface area contributed by atoms with E-state index < -0.39 is 0 Å². The van der Waals surface area contributed by atoms with Crippen molar-refractivity contribution in [3.8, 4) is 0 Å². The van der Waals surface area contributed by atoms with E-state index in [1.165, 1.54) is 25.7 Å². The summed E-state index contributed by atoms with van der Waals surface area (Å²) in [4.78, 5) is 12.1. The first kappa shape index (κ1) is 11.8. The third-order valence-corrected chi connectivity index (χ3v) is 5.51. The molecule has 5 atom stereocenters. The third-order valence-electron chi connectivity index (χ3n) is 5.12. The van der Waals surface area contributed by atoms with Crippen LogP contribution in [0.1, 0.15) is 44.9 Å². The maximum Gasteiger partial charge on any atom is 0.223 e. The predicted molar refractivity (Wildman–Crippen MR) is 68.9 cm³/mol. The van der Waals surface area contributed by atoms with Gasteiger partial charge >= 0.3 is 0 Å². The van der Waals surface area contributed by atoms with Crippen molar-refractivity contribution in [2.24, 2.45) is 23.7 Å². The van der Waals surface area contributed by atoms with Crippen molar-refractivity contribution in [3.05, 3.63) is 0 Å². The Labute approximate surface area is 108 Å². The van der Waals surface area contributed by atoms with Gasteiger partial charge < -0.3 is 5.32 Å². The number of rotatable bonds is 3. The molecule has 0 spiro atoms. The Kier molecular flexibility index (Phi) is 3.34. The van der Waals surface area contributed by atoms with Crippen molar-refractivity contribution in [2.45, 2.75) is 50.3 Å². The lowest BCUT2D eigenvalue weighted by Gasteiger charge is -2.21. The summed E-state index contributed by atoms with van der Waals surface area (Å²) in [6.45, 7) is 0.857. The molecule has 2 bridgehead atoms. The fourth-order valence-electron chi connectivity index (χ4n) is 4.14. The van der Waals surface area contributed by atoms with Crippen LogP contribution in [0.25, 0.3) is 0 Å². The SMILES string of the molecule is O=C(NCC1CCC(Cl)C1)C1CC2CCC1C2. The zero-order valence-corrected chi connectivity index (χ0v) is 11.1. The maximum absolute atomic E-state index is 12.1. The monoisotopic (exact) mass is 255 g/mol. The number of halogens is 1. The van der Waals surface area contributed by atoms with Crippen LogP contribution in [0, 0.1) is 23.7 Å². The first-order valence-electron chi connectivity index (χ1n) is 7.14. The number of fused-ring (bicyclic) bond motifs is 2. The standard InChI is InChI=1S/C14H22ClNO/c15-12-4-2-10(6-12)8-16-14(17)13-7-9-1-3-11(13)5-9/h9-13H,1-8H2,(H,16,17). The van der Waals surface area contributed by atoms with Gasteiger partial charge in [0.2, 0.25) is 5.91 Å². The lowest BCUT2D eigenvalue weighted by Crippen LogP contribution is -2.36. The minimum absolute atomic E-state index is 0.329. The van der Waals surface area contributed by atoms with Crippen LogP contribution < -0.4 is 5.32 Å². The zero-order valence-electron chi connectivity index (χ0n) is 10.3. The fourth-order valence-corrected chi connectivity index (χ4v) is 4.52. The van der Waals surface area contributed by atoms with Gasteiger partial charge in [-0.3, -0.25) is 4.79 Å². The number of carbonyl (C=O) groups is 1. The summed E-state index contributed by atoms with van der Waals surface area (Å²) in [6, 6.07) is 0. The van der Waals surface area contributed by atoms with Crippen LogP contribution in [-0.2, 0) is 4.79 Å². The summed E-state index contributed by atoms with van der Waals surface area (Å²) in [5.74, 6) is 2.84. The minimum Gasteiger partial charge on any atom is -0.356 e. The van der Waals surface area contributed by atoms with Crippen LogP contribution in [0.4, 0.5) is 0 Å². The lowest BCUT2D eigenvalue weighted by molar-refractivity contribution is -0.126. The Hall–Kier alpha value is -0.240. The Balaban J connectivity index is 1.44. The van der Waals surface area contributed by atoms with Crippen molar-refractivity contribution in [1.29, 1.82) is 0 Å². The average molecular weight is 256 g/mol. The number of hydrogen-bond donors (Lipinski definition) is 1. The molecule has 0 radical (unpaired) electrons. The molecule has 0 aromatic heterocycles. The van der Waals surface area contributed by atoms with Gasteiger partial charge in [-0.05, 0) is 56.3 Å². The van der Waals surface area contributed by atoms with Crippen LogP contribution in [0.2, 0.25) is 0 Å². The molecular weight excluding hydrogens is 234 g/mol. The van der Waals surface area contributed by atoms with E-state index in [2.05, 4.69) is 5.32 Å². The third kappa shape index (κ3) is 2.47. The molecule has 2 nitrogen and oxygen atoms in total. The van der Waals surface area contributed by atoms with E-state index in [1.54, 1.807) is 0 Å². The van der Waals surface area contributed by atoms with Gasteiger partial charge in [-0.25, -0.2) is 0 Å². The van der Waals surface area contributed by atoms with Crippen molar-refractivity contribution in [2.75, 3.05) is 6.54 Å². The van der Waals surface area contributed by atoms with Crippen LogP contribution in [0.3, 0.4) is 0 Å². The number of hydrogen-bond acceptors (Lipinski definition) is 1. The lowest BCUT2D eigenvalue weighted by atomic mass is 9.88. The second-order valence-electron chi connectivity index (χ2n) is 6.30. The van der Waals surface area contributed by atoms with Crippen LogP contribution in [0.15, 0.2) is 0 Å². The average Bonchev–Trinajstić information content (AvgIpc) is 3.01. The normalized spacial score (nSPS) is 44.2. The summed E-state index contributed by atoms with van der Waals surface area (Å²) in [6.07, 6.45) is 8.51. The summed E-state index contributed by atoms with van der Waals surface area (Å²) >= 11 is 6.09. The molecule has 96 valence electrons. The number of carbonyl (C=O) groups excluding carboxylic acids is 1. The van der Waals surface area contributed by atoms with E-state index in [4.69, 9.17) is 11.6 Å². The summed E-state index contributed by atoms with van der Waals surface area (Å²) in [5, 5.41) is 3.52. The van der Waals surface area contributed by atoms with Gasteiger partial charge in [-0.15, -0.1) is 11.6 Å². The van der Waals surface area contributed by atoms with Gasteiger partial charge in [-0.2, -0.15) is 0 Å². The van der Waals surface area contributed by atoms with Crippen LogP contribution in [-0.4, -0.2) is 17.8 Å². The molecule has 3 fully saturated rings. The second-order valence-corrected chi connectivity index (χ2v) is 6.92. The highest BCUT2D eigenvalue weighted by Crippen LogP contribution is 2.48. The van der Waals surface area contributed by atoms with Crippen molar-refractivity contribution in [1.82, 2.24) is 5.32 Å². The second kappa shape index (κ2) is 4.79. The van der Waals surface area contributed by atoms with Crippen molar-refractivity contribution >= 4 is 17.5 Å². The molecule has 1 amide bonds. The van der Waals surface area contributed by atoms with Crippen molar-refractivity contribution in [3.63, 3.8) is 0 Å².